The summed E-state index contributed by atoms with van der Waals surface area (Å²) in [5.41, 5.74) is 1.45. The molecule has 1 fully saturated rings. The van der Waals surface area contributed by atoms with Crippen molar-refractivity contribution >= 4 is 23.5 Å². The molecular formula is C22H25N3O5. The number of rotatable bonds is 7. The summed E-state index contributed by atoms with van der Waals surface area (Å²) < 4.78 is 10.1. The molecule has 0 saturated carbocycles. The number of para-hydroxylation sites is 2. The Morgan fingerprint density at radius 3 is 2.30 bits per heavy atom. The van der Waals surface area contributed by atoms with Crippen LogP contribution in [0.4, 0.5) is 5.69 Å². The predicted molar refractivity (Wildman–Crippen MR) is 112 cm³/mol. The summed E-state index contributed by atoms with van der Waals surface area (Å²) in [5, 5.41) is 2.48. The molecule has 0 aromatic heterocycles. The molecule has 0 unspecified atom stereocenters. The smallest absolute Gasteiger partial charge is 0.325 e. The highest BCUT2D eigenvalue weighted by atomic mass is 16.5. The zero-order valence-corrected chi connectivity index (χ0v) is 16.9. The fraction of sp³-hybridized carbons (Fsp3) is 0.318. The van der Waals surface area contributed by atoms with Crippen molar-refractivity contribution in [1.29, 1.82) is 0 Å². The van der Waals surface area contributed by atoms with Gasteiger partial charge in [-0.1, -0.05) is 30.3 Å². The van der Waals surface area contributed by atoms with Crippen molar-refractivity contribution in [3.05, 3.63) is 60.2 Å². The van der Waals surface area contributed by atoms with Gasteiger partial charge in [0.05, 0.1) is 12.7 Å². The van der Waals surface area contributed by atoms with Crippen molar-refractivity contribution in [2.75, 3.05) is 51.3 Å². The maximum absolute atomic E-state index is 12.3. The Labute approximate surface area is 175 Å². The standard InChI is InChI=1S/C22H25N3O5/c1-29-19-10-6-5-9-18(19)22(28)23-15-21(27)30-16-20(26)25-13-11-24(12-14-25)17-7-3-2-4-8-17/h2-10H,11-16H2,1H3,(H,23,28). The Morgan fingerprint density at radius 1 is 0.933 bits per heavy atom. The maximum Gasteiger partial charge on any atom is 0.325 e. The minimum Gasteiger partial charge on any atom is -0.496 e. The lowest BCUT2D eigenvalue weighted by molar-refractivity contribution is -0.151. The average molecular weight is 411 g/mol. The van der Waals surface area contributed by atoms with Crippen LogP contribution >= 0.6 is 0 Å². The molecule has 158 valence electrons. The van der Waals surface area contributed by atoms with E-state index < -0.39 is 11.9 Å². The van der Waals surface area contributed by atoms with Crippen LogP contribution in [0.5, 0.6) is 5.75 Å². The van der Waals surface area contributed by atoms with Crippen molar-refractivity contribution in [2.24, 2.45) is 0 Å². The topological polar surface area (TPSA) is 88.2 Å². The van der Waals surface area contributed by atoms with E-state index in [1.54, 1.807) is 29.2 Å². The van der Waals surface area contributed by atoms with Crippen molar-refractivity contribution in [3.63, 3.8) is 0 Å². The summed E-state index contributed by atoms with van der Waals surface area (Å²) in [6.07, 6.45) is 0. The highest BCUT2D eigenvalue weighted by molar-refractivity contribution is 5.98. The van der Waals surface area contributed by atoms with Crippen LogP contribution in [0, 0.1) is 0 Å². The zero-order chi connectivity index (χ0) is 21.3. The molecule has 2 amide bonds. The van der Waals surface area contributed by atoms with Gasteiger partial charge in [-0.25, -0.2) is 0 Å². The summed E-state index contributed by atoms with van der Waals surface area (Å²) in [6, 6.07) is 16.7. The van der Waals surface area contributed by atoms with Gasteiger partial charge in [-0.2, -0.15) is 0 Å². The molecular weight excluding hydrogens is 386 g/mol. The highest BCUT2D eigenvalue weighted by Crippen LogP contribution is 2.17. The van der Waals surface area contributed by atoms with E-state index in [9.17, 15) is 14.4 Å². The molecule has 1 aliphatic heterocycles. The van der Waals surface area contributed by atoms with Gasteiger partial charge in [-0.05, 0) is 24.3 Å². The molecule has 1 aliphatic rings. The number of nitrogens with one attached hydrogen (secondary N) is 1. The average Bonchev–Trinajstić information content (AvgIpc) is 2.81. The van der Waals surface area contributed by atoms with Gasteiger partial charge in [0.25, 0.3) is 11.8 Å². The van der Waals surface area contributed by atoms with Crippen LogP contribution in [-0.4, -0.2) is 69.1 Å². The summed E-state index contributed by atoms with van der Waals surface area (Å²) >= 11 is 0. The number of amides is 2. The molecule has 0 bridgehead atoms. The molecule has 1 heterocycles. The monoisotopic (exact) mass is 411 g/mol. The Bertz CT molecular complexity index is 879. The van der Waals surface area contributed by atoms with Crippen LogP contribution in [0.3, 0.4) is 0 Å². The van der Waals surface area contributed by atoms with Gasteiger partial charge in [-0.15, -0.1) is 0 Å². The van der Waals surface area contributed by atoms with Crippen LogP contribution in [0.2, 0.25) is 0 Å². The predicted octanol–water partition coefficient (Wildman–Crippen LogP) is 1.32. The summed E-state index contributed by atoms with van der Waals surface area (Å²) in [6.45, 7) is 1.91. The quantitative estimate of drug-likeness (QED) is 0.692. The first-order chi connectivity index (χ1) is 14.6. The number of methoxy groups -OCH3 is 1. The Hall–Kier alpha value is -3.55. The molecule has 3 rings (SSSR count). The molecule has 0 radical (unpaired) electrons. The Balaban J connectivity index is 1.38. The number of anilines is 1. The van der Waals surface area contributed by atoms with Crippen LogP contribution in [0.25, 0.3) is 0 Å². The third-order valence-electron chi connectivity index (χ3n) is 4.86. The van der Waals surface area contributed by atoms with E-state index in [2.05, 4.69) is 10.2 Å². The summed E-state index contributed by atoms with van der Waals surface area (Å²) in [7, 11) is 1.46. The number of benzene rings is 2. The first kappa shape index (κ1) is 21.2. The van der Waals surface area contributed by atoms with E-state index >= 15 is 0 Å². The van der Waals surface area contributed by atoms with Crippen molar-refractivity contribution in [1.82, 2.24) is 10.2 Å². The van der Waals surface area contributed by atoms with Gasteiger partial charge in [-0.3, -0.25) is 14.4 Å². The number of esters is 1. The molecule has 0 aliphatic carbocycles. The lowest BCUT2D eigenvalue weighted by Gasteiger charge is -2.36. The molecule has 30 heavy (non-hydrogen) atoms. The van der Waals surface area contributed by atoms with Crippen LogP contribution < -0.4 is 15.0 Å². The van der Waals surface area contributed by atoms with E-state index in [4.69, 9.17) is 9.47 Å². The first-order valence-corrected chi connectivity index (χ1v) is 9.73. The number of ether oxygens (including phenoxy) is 2. The summed E-state index contributed by atoms with van der Waals surface area (Å²) in [5.74, 6) is -0.956. The second-order valence-corrected chi connectivity index (χ2v) is 6.75. The Morgan fingerprint density at radius 2 is 1.60 bits per heavy atom. The second-order valence-electron chi connectivity index (χ2n) is 6.75. The SMILES string of the molecule is COc1ccccc1C(=O)NCC(=O)OCC(=O)N1CCN(c2ccccc2)CC1. The largest absolute Gasteiger partial charge is 0.496 e. The van der Waals surface area contributed by atoms with E-state index in [-0.39, 0.29) is 19.1 Å². The lowest BCUT2D eigenvalue weighted by atomic mass is 10.2. The molecule has 0 atom stereocenters. The van der Waals surface area contributed by atoms with Gasteiger partial charge >= 0.3 is 5.97 Å². The van der Waals surface area contributed by atoms with Gasteiger partial charge in [0.2, 0.25) is 0 Å². The van der Waals surface area contributed by atoms with E-state index in [1.165, 1.54) is 7.11 Å². The number of carbonyl (C=O) groups is 3. The third kappa shape index (κ3) is 5.50. The Kier molecular flexibility index (Phi) is 7.26. The minimum absolute atomic E-state index is 0.243. The van der Waals surface area contributed by atoms with Crippen molar-refractivity contribution in [2.45, 2.75) is 0 Å². The van der Waals surface area contributed by atoms with Gasteiger partial charge in [0.15, 0.2) is 6.61 Å². The molecule has 2 aromatic rings. The van der Waals surface area contributed by atoms with Crippen LogP contribution in [0.1, 0.15) is 10.4 Å². The van der Waals surface area contributed by atoms with Gasteiger partial charge in [0.1, 0.15) is 12.3 Å². The van der Waals surface area contributed by atoms with E-state index in [0.29, 0.717) is 24.4 Å². The van der Waals surface area contributed by atoms with Crippen LogP contribution in [-0.2, 0) is 14.3 Å². The van der Waals surface area contributed by atoms with Crippen molar-refractivity contribution in [3.8, 4) is 5.75 Å². The van der Waals surface area contributed by atoms with Crippen molar-refractivity contribution < 1.29 is 23.9 Å². The fourth-order valence-corrected chi connectivity index (χ4v) is 3.22. The second kappa shape index (κ2) is 10.3. The third-order valence-corrected chi connectivity index (χ3v) is 4.86. The zero-order valence-electron chi connectivity index (χ0n) is 16.9. The number of piperazine rings is 1. The fourth-order valence-electron chi connectivity index (χ4n) is 3.22. The molecule has 8 heteroatoms. The maximum atomic E-state index is 12.3. The van der Waals surface area contributed by atoms with E-state index in [1.807, 2.05) is 30.3 Å². The van der Waals surface area contributed by atoms with E-state index in [0.717, 1.165) is 18.8 Å². The number of nitrogens with zero attached hydrogens (tertiary/aromatic N) is 2. The summed E-state index contributed by atoms with van der Waals surface area (Å²) in [4.78, 5) is 40.3. The van der Waals surface area contributed by atoms with Crippen LogP contribution in [0.15, 0.2) is 54.6 Å². The number of carbonyl (C=O) groups excluding carboxylic acids is 3. The molecule has 1 saturated heterocycles. The molecule has 8 nitrogen and oxygen atoms in total. The normalized spacial score (nSPS) is 13.5. The molecule has 1 N–H and O–H groups in total. The molecule has 2 aromatic carbocycles. The highest BCUT2D eigenvalue weighted by Gasteiger charge is 2.22. The minimum atomic E-state index is -0.672. The molecule has 0 spiro atoms. The lowest BCUT2D eigenvalue weighted by Crippen LogP contribution is -2.50. The van der Waals surface area contributed by atoms with Gasteiger partial charge < -0.3 is 24.6 Å². The van der Waals surface area contributed by atoms with Gasteiger partial charge in [0, 0.05) is 31.9 Å². The first-order valence-electron chi connectivity index (χ1n) is 9.73. The number of hydrogen-bond acceptors (Lipinski definition) is 6. The number of hydrogen-bond donors (Lipinski definition) is 1.